The van der Waals surface area contributed by atoms with E-state index in [2.05, 4.69) is 26.1 Å². The summed E-state index contributed by atoms with van der Waals surface area (Å²) < 4.78 is 5.20. The van der Waals surface area contributed by atoms with E-state index in [1.807, 2.05) is 0 Å². The summed E-state index contributed by atoms with van der Waals surface area (Å²) in [5.74, 6) is -0.833. The summed E-state index contributed by atoms with van der Waals surface area (Å²) >= 11 is 3.11. The first-order valence-corrected chi connectivity index (χ1v) is 4.79. The van der Waals surface area contributed by atoms with Crippen molar-refractivity contribution < 1.29 is 14.4 Å². The summed E-state index contributed by atoms with van der Waals surface area (Å²) in [7, 11) is 0. The van der Waals surface area contributed by atoms with E-state index < -0.39 is 5.97 Å². The standard InChI is InChI=1S/C9H5BrN2O3/c10-6-7(9(13)14)12-15-8(6)5-3-1-2-4-11-5/h1-4H,(H,13,14). The highest BCUT2D eigenvalue weighted by Crippen LogP contribution is 2.29. The van der Waals surface area contributed by atoms with Crippen molar-refractivity contribution in [3.8, 4) is 11.5 Å². The van der Waals surface area contributed by atoms with E-state index in [9.17, 15) is 4.79 Å². The Kier molecular flexibility index (Phi) is 2.51. The lowest BCUT2D eigenvalue weighted by atomic mass is 10.2. The van der Waals surface area contributed by atoms with Crippen molar-refractivity contribution in [2.45, 2.75) is 0 Å². The lowest BCUT2D eigenvalue weighted by Gasteiger charge is -1.93. The van der Waals surface area contributed by atoms with Crippen molar-refractivity contribution in [3.05, 3.63) is 34.6 Å². The molecule has 0 aliphatic heterocycles. The van der Waals surface area contributed by atoms with Gasteiger partial charge >= 0.3 is 5.97 Å². The van der Waals surface area contributed by atoms with E-state index in [4.69, 9.17) is 9.63 Å². The molecular formula is C9H5BrN2O3. The fourth-order valence-corrected chi connectivity index (χ4v) is 1.59. The van der Waals surface area contributed by atoms with Gasteiger partial charge in [-0.15, -0.1) is 0 Å². The average Bonchev–Trinajstić information content (AvgIpc) is 2.61. The number of carboxylic acid groups (broad SMARTS) is 1. The van der Waals surface area contributed by atoms with Crippen LogP contribution >= 0.6 is 15.9 Å². The van der Waals surface area contributed by atoms with Crippen LogP contribution in [0, 0.1) is 0 Å². The first-order chi connectivity index (χ1) is 7.20. The van der Waals surface area contributed by atoms with Gasteiger partial charge in [-0.1, -0.05) is 11.2 Å². The summed E-state index contributed by atoms with van der Waals surface area (Å²) in [6.45, 7) is 0. The molecule has 0 fully saturated rings. The molecule has 0 aliphatic carbocycles. The minimum absolute atomic E-state index is 0.157. The zero-order valence-corrected chi connectivity index (χ0v) is 8.93. The van der Waals surface area contributed by atoms with Crippen LogP contribution in [0.25, 0.3) is 11.5 Å². The van der Waals surface area contributed by atoms with Crippen molar-refractivity contribution in [2.24, 2.45) is 0 Å². The van der Waals surface area contributed by atoms with Crippen LogP contribution < -0.4 is 0 Å². The predicted molar refractivity (Wildman–Crippen MR) is 54.4 cm³/mol. The van der Waals surface area contributed by atoms with Crippen LogP contribution in [-0.4, -0.2) is 21.2 Å². The lowest BCUT2D eigenvalue weighted by molar-refractivity contribution is 0.0685. The minimum Gasteiger partial charge on any atom is -0.476 e. The largest absolute Gasteiger partial charge is 0.476 e. The predicted octanol–water partition coefficient (Wildman–Crippen LogP) is 2.20. The number of hydrogen-bond acceptors (Lipinski definition) is 4. The van der Waals surface area contributed by atoms with Crippen LogP contribution in [0.5, 0.6) is 0 Å². The molecule has 5 nitrogen and oxygen atoms in total. The van der Waals surface area contributed by atoms with Gasteiger partial charge in [0.2, 0.25) is 5.69 Å². The highest BCUT2D eigenvalue weighted by Gasteiger charge is 2.20. The molecule has 0 aliphatic rings. The van der Waals surface area contributed by atoms with E-state index in [0.29, 0.717) is 15.9 Å². The molecule has 2 rings (SSSR count). The van der Waals surface area contributed by atoms with E-state index in [1.165, 1.54) is 0 Å². The molecule has 15 heavy (non-hydrogen) atoms. The molecule has 0 bridgehead atoms. The second kappa shape index (κ2) is 3.82. The van der Waals surface area contributed by atoms with E-state index in [1.54, 1.807) is 24.4 Å². The topological polar surface area (TPSA) is 76.2 Å². The summed E-state index contributed by atoms with van der Waals surface area (Å²) in [6.07, 6.45) is 1.59. The normalized spacial score (nSPS) is 10.2. The van der Waals surface area contributed by atoms with Crippen molar-refractivity contribution in [1.82, 2.24) is 10.1 Å². The number of carbonyl (C=O) groups is 1. The van der Waals surface area contributed by atoms with Crippen LogP contribution in [0.4, 0.5) is 0 Å². The second-order valence-electron chi connectivity index (χ2n) is 2.69. The molecule has 76 valence electrons. The van der Waals surface area contributed by atoms with Crippen LogP contribution in [0.15, 0.2) is 33.4 Å². The molecule has 0 saturated heterocycles. The van der Waals surface area contributed by atoms with Crippen LogP contribution in [0.3, 0.4) is 0 Å². The Morgan fingerprint density at radius 1 is 1.47 bits per heavy atom. The number of halogens is 1. The number of nitrogens with zero attached hydrogens (tertiary/aromatic N) is 2. The zero-order valence-electron chi connectivity index (χ0n) is 7.35. The van der Waals surface area contributed by atoms with Gasteiger partial charge in [0.25, 0.3) is 0 Å². The number of aromatic carboxylic acids is 1. The smallest absolute Gasteiger partial charge is 0.359 e. The van der Waals surface area contributed by atoms with Gasteiger partial charge in [-0.2, -0.15) is 0 Å². The highest BCUT2D eigenvalue weighted by atomic mass is 79.9. The molecule has 2 aromatic heterocycles. The number of carboxylic acids is 1. The number of rotatable bonds is 2. The number of hydrogen-bond donors (Lipinski definition) is 1. The van der Waals surface area contributed by atoms with E-state index in [0.717, 1.165) is 0 Å². The second-order valence-corrected chi connectivity index (χ2v) is 3.49. The van der Waals surface area contributed by atoms with Crippen molar-refractivity contribution in [3.63, 3.8) is 0 Å². The van der Waals surface area contributed by atoms with E-state index in [-0.39, 0.29) is 5.69 Å². The summed E-state index contributed by atoms with van der Waals surface area (Å²) in [6, 6.07) is 5.24. The lowest BCUT2D eigenvalue weighted by Crippen LogP contribution is -1.96. The third-order valence-corrected chi connectivity index (χ3v) is 2.47. The molecule has 2 aromatic rings. The van der Waals surface area contributed by atoms with Crippen molar-refractivity contribution >= 4 is 21.9 Å². The fraction of sp³-hybridized carbons (Fsp3) is 0. The molecule has 1 N–H and O–H groups in total. The van der Waals surface area contributed by atoms with Gasteiger partial charge in [-0.25, -0.2) is 4.79 Å². The van der Waals surface area contributed by atoms with Gasteiger partial charge in [-0.05, 0) is 28.1 Å². The van der Waals surface area contributed by atoms with Gasteiger partial charge < -0.3 is 9.63 Å². The third kappa shape index (κ3) is 1.75. The molecule has 0 amide bonds. The SMILES string of the molecule is O=C(O)c1noc(-c2ccccn2)c1Br. The first kappa shape index (κ1) is 9.85. The molecule has 0 saturated carbocycles. The van der Waals surface area contributed by atoms with Gasteiger partial charge in [0.05, 0.1) is 0 Å². The number of aromatic nitrogens is 2. The van der Waals surface area contributed by atoms with Gasteiger partial charge in [0.1, 0.15) is 10.2 Å². The molecule has 0 spiro atoms. The minimum atomic E-state index is -1.15. The van der Waals surface area contributed by atoms with Crippen molar-refractivity contribution in [1.29, 1.82) is 0 Å². The Morgan fingerprint density at radius 3 is 2.80 bits per heavy atom. The summed E-state index contributed by atoms with van der Waals surface area (Å²) in [4.78, 5) is 14.7. The Balaban J connectivity index is 2.52. The Morgan fingerprint density at radius 2 is 2.27 bits per heavy atom. The van der Waals surface area contributed by atoms with Crippen LogP contribution in [-0.2, 0) is 0 Å². The monoisotopic (exact) mass is 268 g/mol. The zero-order chi connectivity index (χ0) is 10.8. The molecule has 0 unspecified atom stereocenters. The number of pyridine rings is 1. The first-order valence-electron chi connectivity index (χ1n) is 4.00. The summed E-state index contributed by atoms with van der Waals surface area (Å²) in [5, 5.41) is 12.2. The summed E-state index contributed by atoms with van der Waals surface area (Å²) in [5.41, 5.74) is 0.375. The average molecular weight is 269 g/mol. The van der Waals surface area contributed by atoms with E-state index >= 15 is 0 Å². The fourth-order valence-electron chi connectivity index (χ4n) is 1.07. The van der Waals surface area contributed by atoms with Gasteiger partial charge in [-0.3, -0.25) is 4.98 Å². The molecule has 0 aromatic carbocycles. The third-order valence-electron chi connectivity index (χ3n) is 1.74. The van der Waals surface area contributed by atoms with Crippen LogP contribution in [0.1, 0.15) is 10.5 Å². The maximum atomic E-state index is 10.7. The Hall–Kier alpha value is -1.69. The highest BCUT2D eigenvalue weighted by molar-refractivity contribution is 9.10. The quantitative estimate of drug-likeness (QED) is 0.904. The van der Waals surface area contributed by atoms with Gasteiger partial charge in [0.15, 0.2) is 5.76 Å². The molecule has 2 heterocycles. The molecule has 6 heteroatoms. The molecule has 0 radical (unpaired) electrons. The maximum Gasteiger partial charge on any atom is 0.359 e. The van der Waals surface area contributed by atoms with Gasteiger partial charge in [0, 0.05) is 6.20 Å². The Bertz CT molecular complexity index is 495. The Labute approximate surface area is 92.9 Å². The van der Waals surface area contributed by atoms with Crippen molar-refractivity contribution in [2.75, 3.05) is 0 Å². The van der Waals surface area contributed by atoms with Crippen LogP contribution in [0.2, 0.25) is 0 Å². The molecule has 0 atom stereocenters. The molecular weight excluding hydrogens is 264 g/mol. The maximum absolute atomic E-state index is 10.7.